The maximum Gasteiger partial charge on any atom is 0.330 e. The molecule has 0 aromatic heterocycles. The van der Waals surface area contributed by atoms with E-state index in [2.05, 4.69) is 43.9 Å². The molecule has 1 aromatic carbocycles. The third kappa shape index (κ3) is 4.41. The van der Waals surface area contributed by atoms with Crippen molar-refractivity contribution in [3.8, 4) is 0 Å². The van der Waals surface area contributed by atoms with E-state index >= 15 is 0 Å². The summed E-state index contributed by atoms with van der Waals surface area (Å²) in [6, 6.07) is 6.26. The molecule has 1 N–H and O–H groups in total. The lowest BCUT2D eigenvalue weighted by atomic mass is 10.0. The molecule has 3 heteroatoms. The van der Waals surface area contributed by atoms with Crippen LogP contribution in [-0.2, 0) is 16.1 Å². The van der Waals surface area contributed by atoms with Crippen molar-refractivity contribution in [1.82, 2.24) is 5.32 Å². The molecule has 1 rings (SSSR count). The highest BCUT2D eigenvalue weighted by molar-refractivity contribution is 5.81. The van der Waals surface area contributed by atoms with Gasteiger partial charge in [0, 0.05) is 19.2 Å². The summed E-state index contributed by atoms with van der Waals surface area (Å²) in [5, 5.41) is 3.24. The van der Waals surface area contributed by atoms with E-state index in [-0.39, 0.29) is 5.97 Å². The first-order valence-electron chi connectivity index (χ1n) is 5.70. The molecule has 0 bridgehead atoms. The number of benzene rings is 1. The van der Waals surface area contributed by atoms with Gasteiger partial charge in [-0.3, -0.25) is 0 Å². The number of carbonyl (C=O) groups excluding carboxylic acids is 1. The SMILES string of the molecule is C=CC(=O)OCCNCc1cccc(C)c1C. The summed E-state index contributed by atoms with van der Waals surface area (Å²) in [6.07, 6.45) is 1.17. The smallest absolute Gasteiger partial charge is 0.330 e. The fraction of sp³-hybridized carbons (Fsp3) is 0.357. The lowest BCUT2D eigenvalue weighted by molar-refractivity contribution is -0.137. The minimum absolute atomic E-state index is 0.371. The van der Waals surface area contributed by atoms with Gasteiger partial charge in [0.1, 0.15) is 6.61 Å². The minimum atomic E-state index is -0.376. The molecule has 0 amide bonds. The van der Waals surface area contributed by atoms with Gasteiger partial charge in [0.05, 0.1) is 0 Å². The van der Waals surface area contributed by atoms with Crippen LogP contribution in [0, 0.1) is 13.8 Å². The molecular formula is C14H19NO2. The van der Waals surface area contributed by atoms with Gasteiger partial charge in [-0.2, -0.15) is 0 Å². The van der Waals surface area contributed by atoms with Crippen LogP contribution in [0.4, 0.5) is 0 Å². The zero-order valence-electron chi connectivity index (χ0n) is 10.5. The van der Waals surface area contributed by atoms with Crippen molar-refractivity contribution >= 4 is 5.97 Å². The summed E-state index contributed by atoms with van der Waals surface area (Å²) in [7, 11) is 0. The first kappa shape index (κ1) is 13.5. The van der Waals surface area contributed by atoms with Gasteiger partial charge in [-0.1, -0.05) is 24.8 Å². The van der Waals surface area contributed by atoms with Gasteiger partial charge in [0.15, 0.2) is 0 Å². The monoisotopic (exact) mass is 233 g/mol. The van der Waals surface area contributed by atoms with Gasteiger partial charge in [0.25, 0.3) is 0 Å². The van der Waals surface area contributed by atoms with Crippen molar-refractivity contribution in [2.24, 2.45) is 0 Å². The van der Waals surface area contributed by atoms with E-state index in [9.17, 15) is 4.79 Å². The lowest BCUT2D eigenvalue weighted by Gasteiger charge is -2.09. The van der Waals surface area contributed by atoms with Gasteiger partial charge in [0.2, 0.25) is 0 Å². The second-order valence-corrected chi connectivity index (χ2v) is 3.91. The van der Waals surface area contributed by atoms with Gasteiger partial charge in [-0.05, 0) is 30.5 Å². The zero-order chi connectivity index (χ0) is 12.7. The molecule has 0 radical (unpaired) electrons. The predicted octanol–water partition coefficient (Wildman–Crippen LogP) is 2.12. The molecule has 0 atom stereocenters. The Morgan fingerprint density at radius 1 is 1.47 bits per heavy atom. The highest BCUT2D eigenvalue weighted by Crippen LogP contribution is 2.11. The van der Waals surface area contributed by atoms with Crippen molar-refractivity contribution < 1.29 is 9.53 Å². The topological polar surface area (TPSA) is 38.3 Å². The predicted molar refractivity (Wildman–Crippen MR) is 68.8 cm³/mol. The summed E-state index contributed by atoms with van der Waals surface area (Å²) in [6.45, 7) is 9.36. The first-order valence-corrected chi connectivity index (χ1v) is 5.70. The molecular weight excluding hydrogens is 214 g/mol. The van der Waals surface area contributed by atoms with Gasteiger partial charge in [-0.25, -0.2) is 4.79 Å². The number of esters is 1. The van der Waals surface area contributed by atoms with E-state index < -0.39 is 0 Å². The van der Waals surface area contributed by atoms with Crippen LogP contribution in [-0.4, -0.2) is 19.1 Å². The number of hydrogen-bond donors (Lipinski definition) is 1. The van der Waals surface area contributed by atoms with Crippen LogP contribution in [0.3, 0.4) is 0 Å². The van der Waals surface area contributed by atoms with Crippen LogP contribution < -0.4 is 5.32 Å². The van der Waals surface area contributed by atoms with Crippen molar-refractivity contribution in [3.05, 3.63) is 47.5 Å². The first-order chi connectivity index (χ1) is 8.15. The highest BCUT2D eigenvalue weighted by atomic mass is 16.5. The van der Waals surface area contributed by atoms with Gasteiger partial charge >= 0.3 is 5.97 Å². The van der Waals surface area contributed by atoms with E-state index in [1.807, 2.05) is 0 Å². The maximum absolute atomic E-state index is 10.8. The average Bonchev–Trinajstić information content (AvgIpc) is 2.33. The molecule has 0 aliphatic carbocycles. The molecule has 3 nitrogen and oxygen atoms in total. The Hall–Kier alpha value is -1.61. The Bertz CT molecular complexity index is 399. The van der Waals surface area contributed by atoms with Crippen LogP contribution in [0.15, 0.2) is 30.9 Å². The van der Waals surface area contributed by atoms with Crippen LogP contribution >= 0.6 is 0 Å². The fourth-order valence-electron chi connectivity index (χ4n) is 1.51. The molecule has 0 aliphatic rings. The number of nitrogens with one attached hydrogen (secondary N) is 1. The summed E-state index contributed by atoms with van der Waals surface area (Å²) in [5.74, 6) is -0.376. The van der Waals surface area contributed by atoms with E-state index in [1.54, 1.807) is 0 Å². The number of rotatable bonds is 6. The molecule has 0 unspecified atom stereocenters. The lowest BCUT2D eigenvalue weighted by Crippen LogP contribution is -2.21. The second-order valence-electron chi connectivity index (χ2n) is 3.91. The van der Waals surface area contributed by atoms with Crippen molar-refractivity contribution in [1.29, 1.82) is 0 Å². The summed E-state index contributed by atoms with van der Waals surface area (Å²) in [5.41, 5.74) is 3.88. The third-order valence-corrected chi connectivity index (χ3v) is 2.72. The van der Waals surface area contributed by atoms with Crippen molar-refractivity contribution in [2.45, 2.75) is 20.4 Å². The standard InChI is InChI=1S/C14H19NO2/c1-4-14(16)17-9-8-15-10-13-7-5-6-11(2)12(13)3/h4-7,15H,1,8-10H2,2-3H3. The maximum atomic E-state index is 10.8. The second kappa shape index (κ2) is 6.86. The summed E-state index contributed by atoms with van der Waals surface area (Å²) in [4.78, 5) is 10.8. The number of carbonyl (C=O) groups is 1. The molecule has 92 valence electrons. The Kier molecular flexibility index (Phi) is 5.43. The van der Waals surface area contributed by atoms with Crippen LogP contribution in [0.1, 0.15) is 16.7 Å². The number of hydrogen-bond acceptors (Lipinski definition) is 3. The fourth-order valence-corrected chi connectivity index (χ4v) is 1.51. The molecule has 0 fully saturated rings. The van der Waals surface area contributed by atoms with Crippen LogP contribution in [0.5, 0.6) is 0 Å². The van der Waals surface area contributed by atoms with Crippen LogP contribution in [0.2, 0.25) is 0 Å². The van der Waals surface area contributed by atoms with E-state index in [1.165, 1.54) is 22.8 Å². The summed E-state index contributed by atoms with van der Waals surface area (Å²) >= 11 is 0. The summed E-state index contributed by atoms with van der Waals surface area (Å²) < 4.78 is 4.86. The average molecular weight is 233 g/mol. The molecule has 0 aliphatic heterocycles. The van der Waals surface area contributed by atoms with E-state index in [0.29, 0.717) is 13.2 Å². The number of aryl methyl sites for hydroxylation is 1. The molecule has 0 saturated heterocycles. The zero-order valence-corrected chi connectivity index (χ0v) is 10.5. The highest BCUT2D eigenvalue weighted by Gasteiger charge is 2.00. The van der Waals surface area contributed by atoms with E-state index in [0.717, 1.165) is 6.54 Å². The minimum Gasteiger partial charge on any atom is -0.461 e. The van der Waals surface area contributed by atoms with Crippen molar-refractivity contribution in [3.63, 3.8) is 0 Å². The molecule has 17 heavy (non-hydrogen) atoms. The normalized spacial score (nSPS) is 10.0. The third-order valence-electron chi connectivity index (χ3n) is 2.72. The molecule has 1 aromatic rings. The van der Waals surface area contributed by atoms with E-state index in [4.69, 9.17) is 4.74 Å². The Labute approximate surface area is 102 Å². The Morgan fingerprint density at radius 3 is 2.94 bits per heavy atom. The molecule has 0 heterocycles. The largest absolute Gasteiger partial charge is 0.461 e. The van der Waals surface area contributed by atoms with Crippen molar-refractivity contribution in [2.75, 3.05) is 13.2 Å². The molecule has 0 saturated carbocycles. The molecule has 0 spiro atoms. The Morgan fingerprint density at radius 2 is 2.24 bits per heavy atom. The van der Waals surface area contributed by atoms with Gasteiger partial charge in [-0.15, -0.1) is 0 Å². The Balaban J connectivity index is 2.29. The number of ether oxygens (including phenoxy) is 1. The quantitative estimate of drug-likeness (QED) is 0.464. The van der Waals surface area contributed by atoms with Crippen LogP contribution in [0.25, 0.3) is 0 Å². The van der Waals surface area contributed by atoms with Gasteiger partial charge < -0.3 is 10.1 Å².